The molecule has 1 aromatic heterocycles. The zero-order valence-corrected chi connectivity index (χ0v) is 11.2. The first-order chi connectivity index (χ1) is 8.49. The molecule has 2 aromatic rings. The Morgan fingerprint density at radius 3 is 2.72 bits per heavy atom. The number of benzene rings is 1. The van der Waals surface area contributed by atoms with Gasteiger partial charge in [0, 0.05) is 11.9 Å². The predicted octanol–water partition coefficient (Wildman–Crippen LogP) is 2.47. The van der Waals surface area contributed by atoms with Crippen molar-refractivity contribution in [1.29, 1.82) is 0 Å². The summed E-state index contributed by atoms with van der Waals surface area (Å²) >= 11 is 1.36. The number of hydrogen-bond donors (Lipinski definition) is 1. The van der Waals surface area contributed by atoms with Gasteiger partial charge in [0.25, 0.3) is 0 Å². The van der Waals surface area contributed by atoms with Crippen LogP contribution in [0.5, 0.6) is 0 Å². The van der Waals surface area contributed by atoms with Crippen molar-refractivity contribution in [2.24, 2.45) is 7.05 Å². The molecule has 2 rings (SSSR count). The Kier molecular flexibility index (Phi) is 3.68. The summed E-state index contributed by atoms with van der Waals surface area (Å²) < 4.78 is 15.2. The van der Waals surface area contributed by atoms with Gasteiger partial charge in [-0.25, -0.2) is 14.1 Å². The van der Waals surface area contributed by atoms with E-state index in [4.69, 9.17) is 0 Å². The molecule has 0 spiro atoms. The summed E-state index contributed by atoms with van der Waals surface area (Å²) in [7, 11) is 1.79. The molecule has 0 radical (unpaired) electrons. The topological polar surface area (TPSA) is 50.9 Å². The van der Waals surface area contributed by atoms with Crippen LogP contribution in [0.2, 0.25) is 0 Å². The Morgan fingerprint density at radius 2 is 2.17 bits per heavy atom. The molecule has 1 atom stereocenters. The Labute approximate surface area is 109 Å². The zero-order chi connectivity index (χ0) is 13.3. The van der Waals surface area contributed by atoms with E-state index in [9.17, 15) is 9.50 Å². The number of aliphatic hydroxyl groups excluding tert-OH is 1. The number of rotatable bonds is 3. The summed E-state index contributed by atoms with van der Waals surface area (Å²) in [6.45, 7) is 3.31. The maximum absolute atomic E-state index is 13.5. The molecule has 0 fully saturated rings. The molecule has 0 aliphatic rings. The van der Waals surface area contributed by atoms with E-state index in [1.165, 1.54) is 24.2 Å². The molecule has 0 saturated heterocycles. The second kappa shape index (κ2) is 5.07. The van der Waals surface area contributed by atoms with Crippen molar-refractivity contribution >= 4 is 11.8 Å². The Morgan fingerprint density at radius 1 is 1.44 bits per heavy atom. The molecule has 0 unspecified atom stereocenters. The molecule has 4 nitrogen and oxygen atoms in total. The highest BCUT2D eigenvalue weighted by Crippen LogP contribution is 2.33. The molecule has 6 heteroatoms. The molecule has 18 heavy (non-hydrogen) atoms. The van der Waals surface area contributed by atoms with Crippen LogP contribution in [-0.2, 0) is 7.05 Å². The van der Waals surface area contributed by atoms with Crippen LogP contribution in [0.15, 0.2) is 28.5 Å². The van der Waals surface area contributed by atoms with Gasteiger partial charge in [-0.2, -0.15) is 5.10 Å². The minimum atomic E-state index is -0.726. The van der Waals surface area contributed by atoms with Gasteiger partial charge in [-0.3, -0.25) is 0 Å². The average molecular weight is 267 g/mol. The van der Waals surface area contributed by atoms with Crippen LogP contribution in [0, 0.1) is 12.7 Å². The van der Waals surface area contributed by atoms with Crippen LogP contribution in [-0.4, -0.2) is 19.9 Å². The normalized spacial score (nSPS) is 12.7. The molecule has 1 N–H and O–H groups in total. The number of aryl methyl sites for hydroxylation is 2. The zero-order valence-electron chi connectivity index (χ0n) is 10.4. The second-order valence-electron chi connectivity index (χ2n) is 4.08. The lowest BCUT2D eigenvalue weighted by Crippen LogP contribution is -1.99. The summed E-state index contributed by atoms with van der Waals surface area (Å²) in [5.74, 6) is -0.312. The van der Waals surface area contributed by atoms with Gasteiger partial charge in [0.2, 0.25) is 0 Å². The minimum Gasteiger partial charge on any atom is -0.389 e. The highest BCUT2D eigenvalue weighted by molar-refractivity contribution is 7.99. The SMILES string of the molecule is Cc1cc(Sc2ncnn2C)c([C@H](C)O)cc1F. The first-order valence-electron chi connectivity index (χ1n) is 5.49. The summed E-state index contributed by atoms with van der Waals surface area (Å²) in [5.41, 5.74) is 1.11. The monoisotopic (exact) mass is 267 g/mol. The van der Waals surface area contributed by atoms with Gasteiger partial charge >= 0.3 is 0 Å². The average Bonchev–Trinajstić information content (AvgIpc) is 2.69. The van der Waals surface area contributed by atoms with Crippen molar-refractivity contribution < 1.29 is 9.50 Å². The van der Waals surface area contributed by atoms with E-state index >= 15 is 0 Å². The molecule has 1 aromatic carbocycles. The smallest absolute Gasteiger partial charge is 0.190 e. The molecule has 0 saturated carbocycles. The molecule has 0 aliphatic carbocycles. The van der Waals surface area contributed by atoms with Crippen molar-refractivity contribution in [2.75, 3.05) is 0 Å². The fourth-order valence-corrected chi connectivity index (χ4v) is 2.62. The summed E-state index contributed by atoms with van der Waals surface area (Å²) in [5, 5.41) is 14.4. The van der Waals surface area contributed by atoms with E-state index in [0.29, 0.717) is 16.3 Å². The number of nitrogens with zero attached hydrogens (tertiary/aromatic N) is 3. The maximum Gasteiger partial charge on any atom is 0.190 e. The van der Waals surface area contributed by atoms with Gasteiger partial charge < -0.3 is 5.11 Å². The van der Waals surface area contributed by atoms with Crippen LogP contribution in [0.25, 0.3) is 0 Å². The number of hydrogen-bond acceptors (Lipinski definition) is 4. The van der Waals surface area contributed by atoms with Crippen LogP contribution >= 0.6 is 11.8 Å². The quantitative estimate of drug-likeness (QED) is 0.928. The first kappa shape index (κ1) is 13.0. The lowest BCUT2D eigenvalue weighted by molar-refractivity contribution is 0.196. The fraction of sp³-hybridized carbons (Fsp3) is 0.333. The largest absolute Gasteiger partial charge is 0.389 e. The third-order valence-corrected chi connectivity index (χ3v) is 3.74. The molecule has 1 heterocycles. The van der Waals surface area contributed by atoms with Crippen LogP contribution in [0.4, 0.5) is 4.39 Å². The van der Waals surface area contributed by atoms with Crippen LogP contribution in [0.1, 0.15) is 24.2 Å². The predicted molar refractivity (Wildman–Crippen MR) is 66.9 cm³/mol. The van der Waals surface area contributed by atoms with Crippen molar-refractivity contribution in [2.45, 2.75) is 30.0 Å². The van der Waals surface area contributed by atoms with E-state index in [1.807, 2.05) is 0 Å². The van der Waals surface area contributed by atoms with E-state index in [2.05, 4.69) is 10.1 Å². The van der Waals surface area contributed by atoms with Crippen molar-refractivity contribution in [3.63, 3.8) is 0 Å². The van der Waals surface area contributed by atoms with E-state index in [-0.39, 0.29) is 5.82 Å². The van der Waals surface area contributed by atoms with Crippen LogP contribution in [0.3, 0.4) is 0 Å². The van der Waals surface area contributed by atoms with E-state index < -0.39 is 6.10 Å². The summed E-state index contributed by atoms with van der Waals surface area (Å²) in [6.07, 6.45) is 0.733. The van der Waals surface area contributed by atoms with E-state index in [1.54, 1.807) is 31.6 Å². The molecule has 0 aliphatic heterocycles. The highest BCUT2D eigenvalue weighted by atomic mass is 32.2. The molecular formula is C12H14FN3OS. The van der Waals surface area contributed by atoms with Crippen molar-refractivity contribution in [1.82, 2.24) is 14.8 Å². The fourth-order valence-electron chi connectivity index (χ4n) is 1.56. The Balaban J connectivity index is 2.43. The van der Waals surface area contributed by atoms with Gasteiger partial charge in [-0.15, -0.1) is 0 Å². The number of aliphatic hydroxyl groups is 1. The first-order valence-corrected chi connectivity index (χ1v) is 6.30. The van der Waals surface area contributed by atoms with Crippen molar-refractivity contribution in [3.8, 4) is 0 Å². The second-order valence-corrected chi connectivity index (χ2v) is 5.09. The third kappa shape index (κ3) is 2.54. The molecule has 0 bridgehead atoms. The molecule has 0 amide bonds. The number of aromatic nitrogens is 3. The van der Waals surface area contributed by atoms with Crippen molar-refractivity contribution in [3.05, 3.63) is 35.4 Å². The van der Waals surface area contributed by atoms with Gasteiger partial charge in [0.1, 0.15) is 12.1 Å². The maximum atomic E-state index is 13.5. The number of halogens is 1. The highest BCUT2D eigenvalue weighted by Gasteiger charge is 2.14. The molecule has 96 valence electrons. The third-order valence-electron chi connectivity index (χ3n) is 2.61. The van der Waals surface area contributed by atoms with Gasteiger partial charge in [-0.05, 0) is 48.9 Å². The van der Waals surface area contributed by atoms with Crippen LogP contribution < -0.4 is 0 Å². The van der Waals surface area contributed by atoms with E-state index in [0.717, 1.165) is 4.90 Å². The summed E-state index contributed by atoms with van der Waals surface area (Å²) in [4.78, 5) is 4.89. The minimum absolute atomic E-state index is 0.312. The summed E-state index contributed by atoms with van der Waals surface area (Å²) in [6, 6.07) is 3.09. The standard InChI is InChI=1S/C12H14FN3OS/c1-7-4-11(9(8(2)17)5-10(7)13)18-12-14-6-15-16(12)3/h4-6,8,17H,1-3H3/t8-/m0/s1. The Hall–Kier alpha value is -1.40. The van der Waals surface area contributed by atoms with Gasteiger partial charge in [-0.1, -0.05) is 0 Å². The Bertz CT molecular complexity index is 568. The lowest BCUT2D eigenvalue weighted by Gasteiger charge is -2.12. The lowest BCUT2D eigenvalue weighted by atomic mass is 10.1. The van der Waals surface area contributed by atoms with Gasteiger partial charge in [0.15, 0.2) is 5.16 Å². The van der Waals surface area contributed by atoms with Gasteiger partial charge in [0.05, 0.1) is 6.10 Å². The molecular weight excluding hydrogens is 253 g/mol.